The van der Waals surface area contributed by atoms with E-state index in [-0.39, 0.29) is 0 Å². The van der Waals surface area contributed by atoms with Crippen molar-refractivity contribution in [3.63, 3.8) is 0 Å². The average molecular weight is 724 g/mol. The van der Waals surface area contributed by atoms with Crippen LogP contribution in [0.2, 0.25) is 0 Å². The van der Waals surface area contributed by atoms with Crippen molar-refractivity contribution in [3.8, 4) is 33.4 Å². The van der Waals surface area contributed by atoms with Crippen LogP contribution in [0.15, 0.2) is 224 Å². The van der Waals surface area contributed by atoms with Crippen molar-refractivity contribution in [2.45, 2.75) is 0 Å². The maximum atomic E-state index is 2.43. The van der Waals surface area contributed by atoms with Gasteiger partial charge in [-0.05, 0) is 130 Å². The molecule has 11 rings (SSSR count). The molecule has 0 aliphatic rings. The lowest BCUT2D eigenvalue weighted by Gasteiger charge is -2.27. The highest BCUT2D eigenvalue weighted by molar-refractivity contribution is 6.39. The summed E-state index contributed by atoms with van der Waals surface area (Å²) >= 11 is 0. The monoisotopic (exact) mass is 723 g/mol. The molecule has 0 N–H and O–H groups in total. The fraction of sp³-hybridized carbons (Fsp3) is 0. The molecule has 11 aromatic rings. The van der Waals surface area contributed by atoms with Crippen LogP contribution in [0.4, 0.5) is 17.1 Å². The molecule has 0 aliphatic heterocycles. The van der Waals surface area contributed by atoms with E-state index >= 15 is 0 Å². The molecule has 0 aliphatic carbocycles. The average Bonchev–Trinajstić information content (AvgIpc) is 3.30. The summed E-state index contributed by atoms with van der Waals surface area (Å²) in [5.74, 6) is 0. The molecule has 1 heteroatoms. The lowest BCUT2D eigenvalue weighted by Crippen LogP contribution is -2.10. The van der Waals surface area contributed by atoms with Gasteiger partial charge in [0.15, 0.2) is 0 Å². The van der Waals surface area contributed by atoms with Crippen LogP contribution in [0.5, 0.6) is 0 Å². The molecule has 1 nitrogen and oxygen atoms in total. The Hall–Kier alpha value is -7.48. The first-order chi connectivity index (χ1) is 28.3. The number of fused-ring (bicyclic) bond motifs is 11. The normalized spacial score (nSPS) is 11.5. The standard InChI is InChI=1S/C56H37N/c1-4-14-38(15-5-1)41-24-29-44(30-25-41)57(45-31-26-42(27-32-45)39-16-6-2-7-17-39)46-33-35-50-49-34-28-43(40-18-8-3-9-19-40)36-53(49)55-51-22-12-10-20-47(51)48-21-11-13-23-52(48)56(55)54(50)37-46/h1-37H. The van der Waals surface area contributed by atoms with Gasteiger partial charge in [0, 0.05) is 17.1 Å². The summed E-state index contributed by atoms with van der Waals surface area (Å²) in [5, 5.41) is 12.7. The first kappa shape index (κ1) is 32.9. The van der Waals surface area contributed by atoms with Crippen LogP contribution in [0, 0.1) is 0 Å². The van der Waals surface area contributed by atoms with Gasteiger partial charge in [0.1, 0.15) is 0 Å². The third kappa shape index (κ3) is 5.63. The second-order valence-electron chi connectivity index (χ2n) is 14.9. The topological polar surface area (TPSA) is 3.24 Å². The largest absolute Gasteiger partial charge is 0.310 e. The summed E-state index contributed by atoms with van der Waals surface area (Å²) < 4.78 is 0. The van der Waals surface area contributed by atoms with Gasteiger partial charge in [-0.15, -0.1) is 0 Å². The maximum Gasteiger partial charge on any atom is 0.0468 e. The Labute approximate surface area is 332 Å². The minimum Gasteiger partial charge on any atom is -0.310 e. The van der Waals surface area contributed by atoms with E-state index in [2.05, 4.69) is 229 Å². The second-order valence-corrected chi connectivity index (χ2v) is 14.9. The molecule has 11 aromatic carbocycles. The van der Waals surface area contributed by atoms with Crippen molar-refractivity contribution in [2.24, 2.45) is 0 Å². The van der Waals surface area contributed by atoms with Crippen molar-refractivity contribution in [1.29, 1.82) is 0 Å². The van der Waals surface area contributed by atoms with Crippen molar-refractivity contribution in [3.05, 3.63) is 224 Å². The summed E-state index contributed by atoms with van der Waals surface area (Å²) in [6.07, 6.45) is 0. The predicted molar refractivity (Wildman–Crippen MR) is 245 cm³/mol. The highest BCUT2D eigenvalue weighted by atomic mass is 15.1. The van der Waals surface area contributed by atoms with Crippen LogP contribution in [0.3, 0.4) is 0 Å². The molecule has 0 radical (unpaired) electrons. The first-order valence-electron chi connectivity index (χ1n) is 19.7. The molecule has 0 saturated heterocycles. The highest BCUT2D eigenvalue weighted by Gasteiger charge is 2.20. The molecule has 0 saturated carbocycles. The molecule has 0 fully saturated rings. The molecule has 0 atom stereocenters. The maximum absolute atomic E-state index is 2.43. The second kappa shape index (κ2) is 13.7. The lowest BCUT2D eigenvalue weighted by molar-refractivity contribution is 1.29. The van der Waals surface area contributed by atoms with Gasteiger partial charge in [0.2, 0.25) is 0 Å². The van der Waals surface area contributed by atoms with E-state index in [0.717, 1.165) is 17.1 Å². The van der Waals surface area contributed by atoms with Gasteiger partial charge in [-0.2, -0.15) is 0 Å². The van der Waals surface area contributed by atoms with Gasteiger partial charge in [-0.1, -0.05) is 182 Å². The van der Waals surface area contributed by atoms with Crippen molar-refractivity contribution in [1.82, 2.24) is 0 Å². The van der Waals surface area contributed by atoms with Gasteiger partial charge < -0.3 is 4.90 Å². The Kier molecular flexibility index (Phi) is 7.89. The SMILES string of the molecule is c1ccc(-c2ccc(N(c3ccc(-c4ccccc4)cc3)c3ccc4c5ccc(-c6ccccc6)cc5c5c6ccccc6c6ccccc6c5c4c3)cc2)cc1. The van der Waals surface area contributed by atoms with Crippen LogP contribution in [0.1, 0.15) is 0 Å². The molecule has 266 valence electrons. The smallest absolute Gasteiger partial charge is 0.0468 e. The van der Waals surface area contributed by atoms with E-state index in [0.29, 0.717) is 0 Å². The summed E-state index contributed by atoms with van der Waals surface area (Å²) in [6, 6.07) is 82.0. The third-order valence-electron chi connectivity index (χ3n) is 11.6. The van der Waals surface area contributed by atoms with Crippen molar-refractivity contribution < 1.29 is 0 Å². The van der Waals surface area contributed by atoms with E-state index in [1.165, 1.54) is 87.2 Å². The summed E-state index contributed by atoms with van der Waals surface area (Å²) in [7, 11) is 0. The fourth-order valence-corrected chi connectivity index (χ4v) is 8.92. The van der Waals surface area contributed by atoms with Crippen molar-refractivity contribution >= 4 is 70.9 Å². The van der Waals surface area contributed by atoms with E-state index in [4.69, 9.17) is 0 Å². The number of rotatable bonds is 6. The van der Waals surface area contributed by atoms with E-state index < -0.39 is 0 Å². The van der Waals surface area contributed by atoms with E-state index in [9.17, 15) is 0 Å². The van der Waals surface area contributed by atoms with Gasteiger partial charge in [-0.3, -0.25) is 0 Å². The van der Waals surface area contributed by atoms with Gasteiger partial charge in [-0.25, -0.2) is 0 Å². The molecule has 0 bridgehead atoms. The zero-order chi connectivity index (χ0) is 37.7. The number of nitrogens with zero attached hydrogens (tertiary/aromatic N) is 1. The fourth-order valence-electron chi connectivity index (χ4n) is 8.92. The van der Waals surface area contributed by atoms with Gasteiger partial charge >= 0.3 is 0 Å². The lowest BCUT2D eigenvalue weighted by atomic mass is 9.86. The number of benzene rings is 11. The molecular formula is C56H37N. The molecule has 0 amide bonds. The van der Waals surface area contributed by atoms with Crippen LogP contribution in [-0.2, 0) is 0 Å². The van der Waals surface area contributed by atoms with E-state index in [1.807, 2.05) is 0 Å². The first-order valence-corrected chi connectivity index (χ1v) is 19.7. The Morgan fingerprint density at radius 2 is 0.509 bits per heavy atom. The molecule has 0 spiro atoms. The molecular weight excluding hydrogens is 687 g/mol. The van der Waals surface area contributed by atoms with Crippen LogP contribution in [0.25, 0.3) is 87.2 Å². The predicted octanol–water partition coefficient (Wildman–Crippen LogP) is 15.9. The summed E-state index contributed by atoms with van der Waals surface area (Å²) in [4.78, 5) is 2.40. The quantitative estimate of drug-likeness (QED) is 0.154. The number of hydrogen-bond donors (Lipinski definition) is 0. The minimum atomic E-state index is 1.11. The zero-order valence-electron chi connectivity index (χ0n) is 31.3. The van der Waals surface area contributed by atoms with Gasteiger partial charge in [0.25, 0.3) is 0 Å². The summed E-state index contributed by atoms with van der Waals surface area (Å²) in [6.45, 7) is 0. The van der Waals surface area contributed by atoms with Crippen LogP contribution >= 0.6 is 0 Å². The Morgan fingerprint density at radius 1 is 0.193 bits per heavy atom. The number of anilines is 3. The van der Waals surface area contributed by atoms with Crippen LogP contribution < -0.4 is 4.90 Å². The Morgan fingerprint density at radius 3 is 0.982 bits per heavy atom. The highest BCUT2D eigenvalue weighted by Crippen LogP contribution is 2.47. The van der Waals surface area contributed by atoms with Gasteiger partial charge in [0.05, 0.1) is 0 Å². The zero-order valence-corrected chi connectivity index (χ0v) is 31.3. The number of hydrogen-bond acceptors (Lipinski definition) is 1. The molecule has 0 aromatic heterocycles. The minimum absolute atomic E-state index is 1.11. The third-order valence-corrected chi connectivity index (χ3v) is 11.6. The summed E-state index contributed by atoms with van der Waals surface area (Å²) in [5.41, 5.74) is 10.6. The van der Waals surface area contributed by atoms with E-state index in [1.54, 1.807) is 0 Å². The molecule has 0 heterocycles. The van der Waals surface area contributed by atoms with Crippen LogP contribution in [-0.4, -0.2) is 0 Å². The Balaban J connectivity index is 1.19. The molecule has 57 heavy (non-hydrogen) atoms. The molecule has 0 unspecified atom stereocenters. The Bertz CT molecular complexity index is 3160. The van der Waals surface area contributed by atoms with Crippen molar-refractivity contribution in [2.75, 3.05) is 4.90 Å².